The molecule has 0 radical (unpaired) electrons. The minimum atomic E-state index is -0.0743. The molecule has 0 amide bonds. The smallest absolute Gasteiger partial charge is 0.170 e. The highest BCUT2D eigenvalue weighted by Crippen LogP contribution is 2.14. The van der Waals surface area contributed by atoms with Gasteiger partial charge in [-0.2, -0.15) is 0 Å². The van der Waals surface area contributed by atoms with Gasteiger partial charge in [-0.05, 0) is 19.4 Å². The molecule has 0 atom stereocenters. The Morgan fingerprint density at radius 2 is 1.81 bits per heavy atom. The van der Waals surface area contributed by atoms with Crippen LogP contribution >= 0.6 is 0 Å². The second-order valence-electron chi connectivity index (χ2n) is 4.54. The molecule has 0 N–H and O–H groups in total. The van der Waals surface area contributed by atoms with Crippen molar-refractivity contribution in [1.29, 1.82) is 0 Å². The first-order valence-corrected chi connectivity index (χ1v) is 5.55. The van der Waals surface area contributed by atoms with E-state index in [0.717, 1.165) is 11.1 Å². The van der Waals surface area contributed by atoms with Crippen molar-refractivity contribution in [2.75, 3.05) is 0 Å². The lowest BCUT2D eigenvalue weighted by atomic mass is 9.96. The topological polar surface area (TPSA) is 34.1 Å². The van der Waals surface area contributed by atoms with E-state index in [1.54, 1.807) is 6.07 Å². The van der Waals surface area contributed by atoms with Gasteiger partial charge >= 0.3 is 0 Å². The fourth-order valence-corrected chi connectivity index (χ4v) is 1.58. The van der Waals surface area contributed by atoms with E-state index in [-0.39, 0.29) is 23.9 Å². The molecule has 0 aliphatic heterocycles. The predicted octanol–water partition coefficient (Wildman–Crippen LogP) is 3.10. The molecule has 0 unspecified atom stereocenters. The van der Waals surface area contributed by atoms with Crippen LogP contribution in [0, 0.1) is 19.8 Å². The van der Waals surface area contributed by atoms with E-state index in [2.05, 4.69) is 0 Å². The Morgan fingerprint density at radius 3 is 2.31 bits per heavy atom. The summed E-state index contributed by atoms with van der Waals surface area (Å²) in [7, 11) is 0. The number of ketones is 2. The van der Waals surface area contributed by atoms with Crippen LogP contribution in [0.3, 0.4) is 0 Å². The third kappa shape index (κ3) is 3.02. The molecule has 86 valence electrons. The van der Waals surface area contributed by atoms with E-state index < -0.39 is 0 Å². The van der Waals surface area contributed by atoms with Gasteiger partial charge in [0.2, 0.25) is 0 Å². The number of hydrogen-bond donors (Lipinski definition) is 0. The normalized spacial score (nSPS) is 10.6. The predicted molar refractivity (Wildman–Crippen MR) is 64.7 cm³/mol. The molecule has 0 aliphatic carbocycles. The van der Waals surface area contributed by atoms with Crippen molar-refractivity contribution in [3.8, 4) is 0 Å². The van der Waals surface area contributed by atoms with E-state index in [0.29, 0.717) is 5.56 Å². The van der Waals surface area contributed by atoms with Gasteiger partial charge in [-0.1, -0.05) is 37.6 Å². The monoisotopic (exact) mass is 218 g/mol. The van der Waals surface area contributed by atoms with Crippen molar-refractivity contribution in [1.82, 2.24) is 0 Å². The van der Waals surface area contributed by atoms with Crippen LogP contribution in [-0.4, -0.2) is 11.6 Å². The Morgan fingerprint density at radius 1 is 1.19 bits per heavy atom. The van der Waals surface area contributed by atoms with E-state index in [4.69, 9.17) is 0 Å². The Kier molecular flexibility index (Phi) is 3.99. The van der Waals surface area contributed by atoms with Gasteiger partial charge in [0.15, 0.2) is 5.78 Å². The quantitative estimate of drug-likeness (QED) is 0.575. The van der Waals surface area contributed by atoms with Gasteiger partial charge in [0, 0.05) is 11.5 Å². The van der Waals surface area contributed by atoms with Gasteiger partial charge in [-0.25, -0.2) is 0 Å². The van der Waals surface area contributed by atoms with Crippen LogP contribution in [0.4, 0.5) is 0 Å². The van der Waals surface area contributed by atoms with Crippen LogP contribution in [0.25, 0.3) is 0 Å². The number of benzene rings is 1. The van der Waals surface area contributed by atoms with Crippen LogP contribution in [-0.2, 0) is 4.79 Å². The first kappa shape index (κ1) is 12.6. The van der Waals surface area contributed by atoms with Crippen molar-refractivity contribution in [2.24, 2.45) is 5.92 Å². The van der Waals surface area contributed by atoms with E-state index in [1.807, 2.05) is 39.8 Å². The zero-order chi connectivity index (χ0) is 12.3. The highest BCUT2D eigenvalue weighted by atomic mass is 16.1. The lowest BCUT2D eigenvalue weighted by Gasteiger charge is -2.07. The van der Waals surface area contributed by atoms with E-state index in [1.165, 1.54) is 0 Å². The second-order valence-corrected chi connectivity index (χ2v) is 4.54. The Labute approximate surface area is 96.7 Å². The molecular weight excluding hydrogens is 200 g/mol. The highest BCUT2D eigenvalue weighted by Gasteiger charge is 2.15. The standard InChI is InChI=1S/C14H18O2/c1-9(2)13(15)8-14(16)12-6-5-10(3)7-11(12)4/h5-7,9H,8H2,1-4H3. The number of aryl methyl sites for hydroxylation is 2. The van der Waals surface area contributed by atoms with Crippen LogP contribution < -0.4 is 0 Å². The van der Waals surface area contributed by atoms with Crippen molar-refractivity contribution in [3.63, 3.8) is 0 Å². The van der Waals surface area contributed by atoms with Crippen molar-refractivity contribution < 1.29 is 9.59 Å². The maximum absolute atomic E-state index is 11.9. The van der Waals surface area contributed by atoms with Crippen LogP contribution in [0.2, 0.25) is 0 Å². The summed E-state index contributed by atoms with van der Waals surface area (Å²) in [6, 6.07) is 5.67. The van der Waals surface area contributed by atoms with E-state index in [9.17, 15) is 9.59 Å². The molecule has 0 saturated carbocycles. The van der Waals surface area contributed by atoms with Gasteiger partial charge in [0.1, 0.15) is 5.78 Å². The van der Waals surface area contributed by atoms with Crippen molar-refractivity contribution >= 4 is 11.6 Å². The fraction of sp³-hybridized carbons (Fsp3) is 0.429. The summed E-state index contributed by atoms with van der Waals surface area (Å²) in [5, 5.41) is 0. The van der Waals surface area contributed by atoms with Gasteiger partial charge in [0.25, 0.3) is 0 Å². The molecule has 0 aromatic heterocycles. The summed E-state index contributed by atoms with van der Waals surface area (Å²) in [5.74, 6) is -0.143. The van der Waals surface area contributed by atoms with Crippen LogP contribution in [0.1, 0.15) is 41.8 Å². The molecular formula is C14H18O2. The SMILES string of the molecule is Cc1ccc(C(=O)CC(=O)C(C)C)c(C)c1. The molecule has 0 bridgehead atoms. The van der Waals surface area contributed by atoms with Gasteiger partial charge in [-0.3, -0.25) is 9.59 Å². The minimum Gasteiger partial charge on any atom is -0.299 e. The number of carbonyl (C=O) groups is 2. The number of carbonyl (C=O) groups excluding carboxylic acids is 2. The average molecular weight is 218 g/mol. The summed E-state index contributed by atoms with van der Waals surface area (Å²) in [6.45, 7) is 7.52. The molecule has 16 heavy (non-hydrogen) atoms. The molecule has 0 spiro atoms. The maximum atomic E-state index is 11.9. The number of hydrogen-bond acceptors (Lipinski definition) is 2. The third-order valence-corrected chi connectivity index (χ3v) is 2.66. The Hall–Kier alpha value is -1.44. The van der Waals surface area contributed by atoms with E-state index >= 15 is 0 Å². The summed E-state index contributed by atoms with van der Waals surface area (Å²) in [4.78, 5) is 23.4. The number of Topliss-reactive ketones (excluding diaryl/α,β-unsaturated/α-hetero) is 2. The first-order valence-electron chi connectivity index (χ1n) is 5.55. The van der Waals surface area contributed by atoms with Crippen molar-refractivity contribution in [2.45, 2.75) is 34.1 Å². The lowest BCUT2D eigenvalue weighted by Crippen LogP contribution is -2.14. The van der Waals surface area contributed by atoms with Gasteiger partial charge < -0.3 is 0 Å². The Balaban J connectivity index is 2.85. The first-order chi connectivity index (χ1) is 7.41. The molecule has 2 nitrogen and oxygen atoms in total. The van der Waals surface area contributed by atoms with Gasteiger partial charge in [-0.15, -0.1) is 0 Å². The summed E-state index contributed by atoms with van der Waals surface area (Å²) >= 11 is 0. The molecule has 1 rings (SSSR count). The largest absolute Gasteiger partial charge is 0.299 e. The Bertz CT molecular complexity index is 417. The molecule has 0 saturated heterocycles. The highest BCUT2D eigenvalue weighted by molar-refractivity contribution is 6.09. The lowest BCUT2D eigenvalue weighted by molar-refractivity contribution is -0.121. The zero-order valence-corrected chi connectivity index (χ0v) is 10.3. The molecule has 1 aromatic carbocycles. The average Bonchev–Trinajstić information content (AvgIpc) is 2.16. The van der Waals surface area contributed by atoms with Crippen LogP contribution in [0.15, 0.2) is 18.2 Å². The molecule has 0 aliphatic rings. The number of rotatable bonds is 4. The molecule has 0 heterocycles. The zero-order valence-electron chi connectivity index (χ0n) is 10.3. The molecule has 0 fully saturated rings. The fourth-order valence-electron chi connectivity index (χ4n) is 1.58. The molecule has 2 heteroatoms. The minimum absolute atomic E-state index is 0.00461. The summed E-state index contributed by atoms with van der Waals surface area (Å²) in [5.41, 5.74) is 2.74. The summed E-state index contributed by atoms with van der Waals surface area (Å²) < 4.78 is 0. The second kappa shape index (κ2) is 5.06. The third-order valence-electron chi connectivity index (χ3n) is 2.66. The molecule has 1 aromatic rings. The van der Waals surface area contributed by atoms with Crippen LogP contribution in [0.5, 0.6) is 0 Å². The summed E-state index contributed by atoms with van der Waals surface area (Å²) in [6.07, 6.45) is 0.0154. The maximum Gasteiger partial charge on any atom is 0.170 e. The van der Waals surface area contributed by atoms with Crippen molar-refractivity contribution in [3.05, 3.63) is 34.9 Å². The van der Waals surface area contributed by atoms with Gasteiger partial charge in [0.05, 0.1) is 6.42 Å².